The minimum Gasteiger partial charge on any atom is -0.476 e. The summed E-state index contributed by atoms with van der Waals surface area (Å²) in [4.78, 5) is 0. The van der Waals surface area contributed by atoms with E-state index in [0.29, 0.717) is 0 Å². The molecule has 1 fully saturated rings. The lowest BCUT2D eigenvalue weighted by molar-refractivity contribution is 0.0597. The van der Waals surface area contributed by atoms with Crippen molar-refractivity contribution in [2.24, 2.45) is 0 Å². The lowest BCUT2D eigenvalue weighted by Gasteiger charge is -2.34. The van der Waals surface area contributed by atoms with E-state index >= 15 is 0 Å². The van der Waals surface area contributed by atoms with Crippen LogP contribution in [0.2, 0.25) is 5.02 Å². The summed E-state index contributed by atoms with van der Waals surface area (Å²) in [6, 6.07) is 1.88. The average molecular weight is 232 g/mol. The van der Waals surface area contributed by atoms with Crippen molar-refractivity contribution in [1.82, 2.24) is 5.32 Å². The Balaban J connectivity index is 2.05. The summed E-state index contributed by atoms with van der Waals surface area (Å²) in [5, 5.41) is 6.87. The third-order valence-corrected chi connectivity index (χ3v) is 3.78. The van der Waals surface area contributed by atoms with Gasteiger partial charge >= 0.3 is 0 Å². The molecule has 0 radical (unpaired) electrons. The number of ether oxygens (including phenoxy) is 1. The molecule has 0 aliphatic carbocycles. The van der Waals surface area contributed by atoms with Gasteiger partial charge in [-0.3, -0.25) is 0 Å². The van der Waals surface area contributed by atoms with E-state index in [1.54, 1.807) is 11.3 Å². The van der Waals surface area contributed by atoms with Crippen LogP contribution in [0.3, 0.4) is 0 Å². The predicted molar refractivity (Wildman–Crippen MR) is 60.5 cm³/mol. The van der Waals surface area contributed by atoms with Crippen molar-refractivity contribution in [3.05, 3.63) is 16.5 Å². The van der Waals surface area contributed by atoms with Gasteiger partial charge in [-0.25, -0.2) is 0 Å². The van der Waals surface area contributed by atoms with E-state index in [2.05, 4.69) is 12.2 Å². The van der Waals surface area contributed by atoms with Crippen molar-refractivity contribution >= 4 is 22.9 Å². The Labute approximate surface area is 93.2 Å². The Hall–Kier alpha value is -0.250. The predicted octanol–water partition coefficient (Wildman–Crippen LogP) is 2.92. The molecule has 1 aromatic heterocycles. The lowest BCUT2D eigenvalue weighted by Crippen LogP contribution is -2.43. The van der Waals surface area contributed by atoms with Crippen LogP contribution in [0.15, 0.2) is 11.4 Å². The number of nitrogens with one attached hydrogen (secondary N) is 1. The van der Waals surface area contributed by atoms with Gasteiger partial charge in [0.2, 0.25) is 0 Å². The standard InChI is InChI=1S/C10H14ClNOS/c1-10(3-5-12-6-4-10)13-9-8(11)2-7-14-9/h2,7,12H,3-6H2,1H3. The molecule has 2 heterocycles. The van der Waals surface area contributed by atoms with Crippen LogP contribution in [0, 0.1) is 0 Å². The molecule has 4 heteroatoms. The zero-order valence-corrected chi connectivity index (χ0v) is 9.75. The zero-order chi connectivity index (χ0) is 10.0. The maximum absolute atomic E-state index is 5.99. The molecule has 0 atom stereocenters. The van der Waals surface area contributed by atoms with Crippen molar-refractivity contribution in [2.45, 2.75) is 25.4 Å². The second-order valence-corrected chi connectivity index (χ2v) is 5.14. The molecule has 1 aliphatic heterocycles. The molecule has 78 valence electrons. The van der Waals surface area contributed by atoms with Crippen molar-refractivity contribution in [2.75, 3.05) is 13.1 Å². The van der Waals surface area contributed by atoms with Gasteiger partial charge in [0, 0.05) is 0 Å². The van der Waals surface area contributed by atoms with Crippen molar-refractivity contribution in [3.63, 3.8) is 0 Å². The Morgan fingerprint density at radius 3 is 2.79 bits per heavy atom. The molecule has 0 spiro atoms. The fraction of sp³-hybridized carbons (Fsp3) is 0.600. The summed E-state index contributed by atoms with van der Waals surface area (Å²) in [7, 11) is 0. The Morgan fingerprint density at radius 1 is 1.50 bits per heavy atom. The number of hydrogen-bond acceptors (Lipinski definition) is 3. The molecular formula is C10H14ClNOS. The van der Waals surface area contributed by atoms with Gasteiger partial charge in [0.05, 0.1) is 5.02 Å². The Morgan fingerprint density at radius 2 is 2.21 bits per heavy atom. The molecule has 0 saturated carbocycles. The molecular weight excluding hydrogens is 218 g/mol. The summed E-state index contributed by atoms with van der Waals surface area (Å²) in [5.41, 5.74) is -0.0419. The van der Waals surface area contributed by atoms with Crippen LogP contribution >= 0.6 is 22.9 Å². The van der Waals surface area contributed by atoms with Crippen LogP contribution in [0.25, 0.3) is 0 Å². The van der Waals surface area contributed by atoms with Crippen LogP contribution in [-0.2, 0) is 0 Å². The molecule has 14 heavy (non-hydrogen) atoms. The van der Waals surface area contributed by atoms with E-state index in [9.17, 15) is 0 Å². The van der Waals surface area contributed by atoms with Crippen LogP contribution in [0.5, 0.6) is 5.06 Å². The fourth-order valence-electron chi connectivity index (χ4n) is 1.63. The van der Waals surface area contributed by atoms with E-state index in [-0.39, 0.29) is 5.60 Å². The van der Waals surface area contributed by atoms with Crippen molar-refractivity contribution < 1.29 is 4.74 Å². The van der Waals surface area contributed by atoms with Gasteiger partial charge in [-0.15, -0.1) is 11.3 Å². The van der Waals surface area contributed by atoms with Gasteiger partial charge in [0.1, 0.15) is 5.60 Å². The van der Waals surface area contributed by atoms with Crippen LogP contribution in [0.1, 0.15) is 19.8 Å². The summed E-state index contributed by atoms with van der Waals surface area (Å²) in [6.45, 7) is 4.21. The number of rotatable bonds is 2. The first-order valence-electron chi connectivity index (χ1n) is 4.82. The molecule has 0 bridgehead atoms. The largest absolute Gasteiger partial charge is 0.476 e. The summed E-state index contributed by atoms with van der Waals surface area (Å²) < 4.78 is 5.96. The van der Waals surface area contributed by atoms with Gasteiger partial charge in [-0.1, -0.05) is 11.6 Å². The third kappa shape index (κ3) is 2.22. The molecule has 2 rings (SSSR count). The topological polar surface area (TPSA) is 21.3 Å². The molecule has 1 N–H and O–H groups in total. The highest BCUT2D eigenvalue weighted by Gasteiger charge is 2.29. The molecule has 1 aliphatic rings. The normalized spacial score (nSPS) is 20.7. The van der Waals surface area contributed by atoms with Crippen LogP contribution in [0.4, 0.5) is 0 Å². The summed E-state index contributed by atoms with van der Waals surface area (Å²) >= 11 is 7.56. The number of piperidine rings is 1. The highest BCUT2D eigenvalue weighted by Crippen LogP contribution is 2.35. The lowest BCUT2D eigenvalue weighted by atomic mass is 9.95. The van der Waals surface area contributed by atoms with Gasteiger partial charge in [-0.2, -0.15) is 0 Å². The molecule has 0 aromatic carbocycles. The molecule has 1 saturated heterocycles. The smallest absolute Gasteiger partial charge is 0.193 e. The molecule has 0 unspecified atom stereocenters. The first-order valence-corrected chi connectivity index (χ1v) is 6.08. The van der Waals surface area contributed by atoms with Gasteiger partial charge < -0.3 is 10.1 Å². The number of hydrogen-bond donors (Lipinski definition) is 1. The number of halogens is 1. The van der Waals surface area contributed by atoms with Gasteiger partial charge in [-0.05, 0) is 44.3 Å². The van der Waals surface area contributed by atoms with E-state index < -0.39 is 0 Å². The minimum atomic E-state index is -0.0419. The molecule has 0 amide bonds. The maximum atomic E-state index is 5.99. The minimum absolute atomic E-state index is 0.0419. The van der Waals surface area contributed by atoms with Gasteiger partial charge in [0.25, 0.3) is 0 Å². The Kier molecular flexibility index (Phi) is 3.00. The Bertz CT molecular complexity index is 307. The third-order valence-electron chi connectivity index (χ3n) is 2.58. The van der Waals surface area contributed by atoms with E-state index in [0.717, 1.165) is 36.0 Å². The van der Waals surface area contributed by atoms with Crippen LogP contribution in [-0.4, -0.2) is 18.7 Å². The quantitative estimate of drug-likeness (QED) is 0.845. The average Bonchev–Trinajstić information content (AvgIpc) is 2.52. The second-order valence-electron chi connectivity index (χ2n) is 3.86. The summed E-state index contributed by atoms with van der Waals surface area (Å²) in [5.74, 6) is 0. The highest BCUT2D eigenvalue weighted by atomic mass is 35.5. The molecule has 1 aromatic rings. The maximum Gasteiger partial charge on any atom is 0.193 e. The zero-order valence-electron chi connectivity index (χ0n) is 8.18. The van der Waals surface area contributed by atoms with E-state index in [4.69, 9.17) is 16.3 Å². The first-order chi connectivity index (χ1) is 6.70. The van der Waals surface area contributed by atoms with Crippen molar-refractivity contribution in [3.8, 4) is 5.06 Å². The highest BCUT2D eigenvalue weighted by molar-refractivity contribution is 7.12. The van der Waals surface area contributed by atoms with E-state index in [1.807, 2.05) is 11.4 Å². The van der Waals surface area contributed by atoms with E-state index in [1.165, 1.54) is 0 Å². The fourth-order valence-corrected chi connectivity index (χ4v) is 2.70. The van der Waals surface area contributed by atoms with Crippen LogP contribution < -0.4 is 10.1 Å². The first kappa shape index (κ1) is 10.3. The summed E-state index contributed by atoms with van der Waals surface area (Å²) in [6.07, 6.45) is 2.09. The van der Waals surface area contributed by atoms with Crippen molar-refractivity contribution in [1.29, 1.82) is 0 Å². The van der Waals surface area contributed by atoms with Gasteiger partial charge in [0.15, 0.2) is 5.06 Å². The second kappa shape index (κ2) is 4.09. The number of thiophene rings is 1. The SMILES string of the molecule is CC1(Oc2sccc2Cl)CCNCC1. The molecule has 2 nitrogen and oxygen atoms in total. The monoisotopic (exact) mass is 231 g/mol.